The minimum atomic E-state index is -0.249. The first-order chi connectivity index (χ1) is 11.7. The molecule has 128 valence electrons. The molecule has 5 nitrogen and oxygen atoms in total. The van der Waals surface area contributed by atoms with Gasteiger partial charge in [-0.3, -0.25) is 14.8 Å². The van der Waals surface area contributed by atoms with Crippen LogP contribution in [0.25, 0.3) is 11.3 Å². The molecule has 1 saturated heterocycles. The van der Waals surface area contributed by atoms with Gasteiger partial charge < -0.3 is 4.74 Å². The summed E-state index contributed by atoms with van der Waals surface area (Å²) in [7, 11) is 0. The van der Waals surface area contributed by atoms with Crippen LogP contribution in [0.5, 0.6) is 0 Å². The minimum Gasteiger partial charge on any atom is -0.466 e. The number of nitrogens with one attached hydrogen (secondary N) is 1. The van der Waals surface area contributed by atoms with E-state index in [9.17, 15) is 9.18 Å². The van der Waals surface area contributed by atoms with E-state index in [1.165, 1.54) is 12.1 Å². The summed E-state index contributed by atoms with van der Waals surface area (Å²) in [5.41, 5.74) is 2.92. The largest absolute Gasteiger partial charge is 0.466 e. The van der Waals surface area contributed by atoms with Crippen molar-refractivity contribution in [3.63, 3.8) is 0 Å². The molecule has 1 fully saturated rings. The Hall–Kier alpha value is -2.21. The summed E-state index contributed by atoms with van der Waals surface area (Å²) >= 11 is 0. The Morgan fingerprint density at radius 2 is 2.04 bits per heavy atom. The Morgan fingerprint density at radius 1 is 1.33 bits per heavy atom. The van der Waals surface area contributed by atoms with Crippen molar-refractivity contribution in [1.82, 2.24) is 15.1 Å². The molecule has 0 saturated carbocycles. The second-order valence-electron chi connectivity index (χ2n) is 6.08. The first-order valence-electron chi connectivity index (χ1n) is 8.34. The van der Waals surface area contributed by atoms with E-state index in [4.69, 9.17) is 4.74 Å². The Labute approximate surface area is 140 Å². The van der Waals surface area contributed by atoms with E-state index in [0.717, 1.165) is 49.3 Å². The van der Waals surface area contributed by atoms with Crippen molar-refractivity contribution in [2.75, 3.05) is 19.7 Å². The van der Waals surface area contributed by atoms with Crippen molar-refractivity contribution in [2.45, 2.75) is 26.3 Å². The predicted molar refractivity (Wildman–Crippen MR) is 88.6 cm³/mol. The topological polar surface area (TPSA) is 58.2 Å². The van der Waals surface area contributed by atoms with Crippen LogP contribution in [-0.4, -0.2) is 40.8 Å². The highest BCUT2D eigenvalue weighted by molar-refractivity contribution is 5.72. The summed E-state index contributed by atoms with van der Waals surface area (Å²) in [6.07, 6.45) is 3.46. The van der Waals surface area contributed by atoms with Gasteiger partial charge in [0, 0.05) is 17.7 Å². The van der Waals surface area contributed by atoms with Crippen molar-refractivity contribution in [2.24, 2.45) is 5.92 Å². The van der Waals surface area contributed by atoms with Crippen LogP contribution in [0.15, 0.2) is 30.5 Å². The van der Waals surface area contributed by atoms with Crippen LogP contribution in [0.3, 0.4) is 0 Å². The van der Waals surface area contributed by atoms with Crippen molar-refractivity contribution in [1.29, 1.82) is 0 Å². The van der Waals surface area contributed by atoms with Gasteiger partial charge in [0.15, 0.2) is 0 Å². The van der Waals surface area contributed by atoms with Gasteiger partial charge in [-0.25, -0.2) is 4.39 Å². The van der Waals surface area contributed by atoms with Crippen molar-refractivity contribution >= 4 is 5.97 Å². The highest BCUT2D eigenvalue weighted by Gasteiger charge is 2.26. The number of benzene rings is 1. The standard InChI is InChI=1S/C18H22FN3O2/c1-2-24-18(23)14-7-9-22(10-8-14)12-15-11-20-21-17(15)13-3-5-16(19)6-4-13/h3-6,11,14H,2,7-10,12H2,1H3,(H,20,21). The highest BCUT2D eigenvalue weighted by Crippen LogP contribution is 2.25. The molecule has 0 unspecified atom stereocenters. The van der Waals surface area contributed by atoms with Gasteiger partial charge in [-0.2, -0.15) is 5.10 Å². The number of hydrogen-bond donors (Lipinski definition) is 1. The second-order valence-corrected chi connectivity index (χ2v) is 6.08. The summed E-state index contributed by atoms with van der Waals surface area (Å²) in [5.74, 6) is -0.310. The quantitative estimate of drug-likeness (QED) is 0.856. The van der Waals surface area contributed by atoms with Gasteiger partial charge in [-0.15, -0.1) is 0 Å². The summed E-state index contributed by atoms with van der Waals surface area (Å²) in [6, 6.07) is 6.40. The summed E-state index contributed by atoms with van der Waals surface area (Å²) in [5, 5.41) is 7.14. The van der Waals surface area contributed by atoms with Crippen LogP contribution in [0.1, 0.15) is 25.3 Å². The number of hydrogen-bond acceptors (Lipinski definition) is 4. The lowest BCUT2D eigenvalue weighted by molar-refractivity contribution is -0.149. The van der Waals surface area contributed by atoms with E-state index in [0.29, 0.717) is 6.61 Å². The molecule has 0 radical (unpaired) electrons. The van der Waals surface area contributed by atoms with Crippen molar-refractivity contribution < 1.29 is 13.9 Å². The number of carbonyl (C=O) groups is 1. The molecule has 2 aromatic rings. The van der Waals surface area contributed by atoms with Crippen LogP contribution in [0.2, 0.25) is 0 Å². The molecule has 6 heteroatoms. The lowest BCUT2D eigenvalue weighted by atomic mass is 9.96. The second kappa shape index (κ2) is 7.57. The van der Waals surface area contributed by atoms with Gasteiger partial charge in [-0.1, -0.05) is 0 Å². The molecule has 1 aliphatic heterocycles. The zero-order valence-corrected chi connectivity index (χ0v) is 13.8. The van der Waals surface area contributed by atoms with E-state index < -0.39 is 0 Å². The predicted octanol–water partition coefficient (Wildman–Crippen LogP) is 2.99. The number of esters is 1. The molecular weight excluding hydrogens is 309 g/mol. The van der Waals surface area contributed by atoms with Crippen LogP contribution in [-0.2, 0) is 16.1 Å². The Morgan fingerprint density at radius 3 is 2.71 bits per heavy atom. The zero-order valence-electron chi connectivity index (χ0n) is 13.8. The average Bonchev–Trinajstić information content (AvgIpc) is 3.04. The van der Waals surface area contributed by atoms with Crippen molar-refractivity contribution in [3.05, 3.63) is 41.8 Å². The molecule has 0 aliphatic carbocycles. The van der Waals surface area contributed by atoms with E-state index in [2.05, 4.69) is 15.1 Å². The number of aromatic amines is 1. The number of aromatic nitrogens is 2. The fourth-order valence-corrected chi connectivity index (χ4v) is 3.13. The maximum atomic E-state index is 13.1. The molecule has 0 bridgehead atoms. The maximum Gasteiger partial charge on any atom is 0.309 e. The Bertz CT molecular complexity index is 676. The molecule has 3 rings (SSSR count). The average molecular weight is 331 g/mol. The van der Waals surface area contributed by atoms with E-state index in [1.807, 2.05) is 13.1 Å². The van der Waals surface area contributed by atoms with Gasteiger partial charge in [0.05, 0.1) is 24.4 Å². The van der Waals surface area contributed by atoms with Gasteiger partial charge in [0.1, 0.15) is 5.82 Å². The number of nitrogens with zero attached hydrogens (tertiary/aromatic N) is 2. The number of likely N-dealkylation sites (tertiary alicyclic amines) is 1. The monoisotopic (exact) mass is 331 g/mol. The van der Waals surface area contributed by atoms with Gasteiger partial charge >= 0.3 is 5.97 Å². The molecule has 0 spiro atoms. The van der Waals surface area contributed by atoms with Gasteiger partial charge in [0.25, 0.3) is 0 Å². The molecule has 1 aromatic carbocycles. The van der Waals surface area contributed by atoms with Crippen LogP contribution < -0.4 is 0 Å². The fourth-order valence-electron chi connectivity index (χ4n) is 3.13. The van der Waals surface area contributed by atoms with Crippen LogP contribution in [0.4, 0.5) is 4.39 Å². The summed E-state index contributed by atoms with van der Waals surface area (Å²) in [4.78, 5) is 14.1. The molecule has 1 aliphatic rings. The number of rotatable bonds is 5. The third kappa shape index (κ3) is 3.82. The lowest BCUT2D eigenvalue weighted by Gasteiger charge is -2.30. The molecule has 0 amide bonds. The van der Waals surface area contributed by atoms with Crippen LogP contribution in [0, 0.1) is 11.7 Å². The smallest absolute Gasteiger partial charge is 0.309 e. The Balaban J connectivity index is 1.61. The molecule has 0 atom stereocenters. The number of halogens is 1. The molecular formula is C18H22FN3O2. The number of ether oxygens (including phenoxy) is 1. The fraction of sp³-hybridized carbons (Fsp3) is 0.444. The highest BCUT2D eigenvalue weighted by atomic mass is 19.1. The van der Waals surface area contributed by atoms with E-state index >= 15 is 0 Å². The summed E-state index contributed by atoms with van der Waals surface area (Å²) < 4.78 is 18.2. The first-order valence-corrected chi connectivity index (χ1v) is 8.34. The Kier molecular flexibility index (Phi) is 5.25. The van der Waals surface area contributed by atoms with Crippen molar-refractivity contribution in [3.8, 4) is 11.3 Å². The number of H-pyrrole nitrogens is 1. The molecule has 2 heterocycles. The molecule has 24 heavy (non-hydrogen) atoms. The number of piperidine rings is 1. The van der Waals surface area contributed by atoms with Gasteiger partial charge in [0.2, 0.25) is 0 Å². The third-order valence-corrected chi connectivity index (χ3v) is 4.45. The summed E-state index contributed by atoms with van der Waals surface area (Å²) in [6.45, 7) is 4.76. The van der Waals surface area contributed by atoms with Gasteiger partial charge in [-0.05, 0) is 57.1 Å². The number of carbonyl (C=O) groups excluding carboxylic acids is 1. The maximum absolute atomic E-state index is 13.1. The normalized spacial score (nSPS) is 16.2. The third-order valence-electron chi connectivity index (χ3n) is 4.45. The minimum absolute atomic E-state index is 0.0159. The van der Waals surface area contributed by atoms with E-state index in [1.54, 1.807) is 12.1 Å². The van der Waals surface area contributed by atoms with E-state index in [-0.39, 0.29) is 17.7 Å². The first kappa shape index (κ1) is 16.6. The molecule has 1 N–H and O–H groups in total. The van der Waals surface area contributed by atoms with Crippen LogP contribution >= 0.6 is 0 Å². The molecule has 1 aromatic heterocycles. The SMILES string of the molecule is CCOC(=O)C1CCN(Cc2cn[nH]c2-c2ccc(F)cc2)CC1. The zero-order chi connectivity index (χ0) is 16.9. The lowest BCUT2D eigenvalue weighted by Crippen LogP contribution is -2.36.